The van der Waals surface area contributed by atoms with Crippen molar-refractivity contribution >= 4 is 29.1 Å². The summed E-state index contributed by atoms with van der Waals surface area (Å²) in [6.45, 7) is 4.62. The number of amides is 1. The van der Waals surface area contributed by atoms with Gasteiger partial charge in [0.2, 0.25) is 11.7 Å². The summed E-state index contributed by atoms with van der Waals surface area (Å²) in [6, 6.07) is 14.6. The molecule has 2 aromatic carbocycles. The van der Waals surface area contributed by atoms with Crippen LogP contribution in [0.15, 0.2) is 53.1 Å². The second kappa shape index (κ2) is 8.53. The zero-order valence-corrected chi connectivity index (χ0v) is 17.4. The number of carbonyl (C=O) groups is 1. The van der Waals surface area contributed by atoms with Gasteiger partial charge < -0.3 is 9.42 Å². The molecule has 150 valence electrons. The molecule has 1 amide bonds. The van der Waals surface area contributed by atoms with Gasteiger partial charge in [0.25, 0.3) is 5.91 Å². The Labute approximate surface area is 179 Å². The van der Waals surface area contributed by atoms with Gasteiger partial charge in [0.05, 0.1) is 16.6 Å². The van der Waals surface area contributed by atoms with Gasteiger partial charge in [-0.05, 0) is 25.1 Å². The number of nitrogens with zero attached hydrogens (tertiary/aromatic N) is 4. The summed E-state index contributed by atoms with van der Waals surface area (Å²) in [7, 11) is 0. The van der Waals surface area contributed by atoms with E-state index >= 15 is 0 Å². The molecular weight excluding hydrogens is 411 g/mol. The highest BCUT2D eigenvalue weighted by Gasteiger charge is 2.29. The van der Waals surface area contributed by atoms with Crippen LogP contribution >= 0.6 is 23.2 Å². The van der Waals surface area contributed by atoms with E-state index in [0.29, 0.717) is 53.5 Å². The minimum atomic E-state index is -0.103. The molecule has 4 rings (SSSR count). The van der Waals surface area contributed by atoms with E-state index in [2.05, 4.69) is 15.0 Å². The molecule has 0 radical (unpaired) electrons. The van der Waals surface area contributed by atoms with Crippen molar-refractivity contribution < 1.29 is 9.32 Å². The Morgan fingerprint density at radius 2 is 1.79 bits per heavy atom. The first-order valence-corrected chi connectivity index (χ1v) is 10.2. The van der Waals surface area contributed by atoms with Crippen molar-refractivity contribution in [2.75, 3.05) is 26.2 Å². The summed E-state index contributed by atoms with van der Waals surface area (Å²) >= 11 is 12.2. The molecule has 2 heterocycles. The van der Waals surface area contributed by atoms with Crippen LogP contribution < -0.4 is 0 Å². The minimum absolute atomic E-state index is 0.0352. The van der Waals surface area contributed by atoms with Crippen molar-refractivity contribution in [2.45, 2.75) is 13.0 Å². The number of piperazine rings is 1. The Morgan fingerprint density at radius 3 is 2.52 bits per heavy atom. The molecule has 1 fully saturated rings. The topological polar surface area (TPSA) is 62.5 Å². The number of benzene rings is 2. The average Bonchev–Trinajstić information content (AvgIpc) is 3.25. The predicted octanol–water partition coefficient (Wildman–Crippen LogP) is 4.56. The third kappa shape index (κ3) is 4.29. The van der Waals surface area contributed by atoms with Crippen LogP contribution in [0.5, 0.6) is 0 Å². The number of carbonyl (C=O) groups excluding carboxylic acids is 1. The van der Waals surface area contributed by atoms with Crippen LogP contribution in [-0.4, -0.2) is 52.0 Å². The van der Waals surface area contributed by atoms with Gasteiger partial charge in [-0.3, -0.25) is 9.69 Å². The summed E-state index contributed by atoms with van der Waals surface area (Å²) in [5.74, 6) is 1.05. The van der Waals surface area contributed by atoms with Crippen LogP contribution in [0, 0.1) is 0 Å². The number of hydrogen-bond donors (Lipinski definition) is 0. The molecule has 0 N–H and O–H groups in total. The molecule has 0 aliphatic carbocycles. The highest BCUT2D eigenvalue weighted by atomic mass is 35.5. The van der Waals surface area contributed by atoms with E-state index in [9.17, 15) is 4.79 Å². The summed E-state index contributed by atoms with van der Waals surface area (Å²) in [6.07, 6.45) is 0. The van der Waals surface area contributed by atoms with Crippen LogP contribution in [0.25, 0.3) is 11.4 Å². The molecule has 0 saturated carbocycles. The van der Waals surface area contributed by atoms with Crippen LogP contribution in [0.4, 0.5) is 0 Å². The lowest BCUT2D eigenvalue weighted by Crippen LogP contribution is -2.49. The molecule has 3 aromatic rings. The van der Waals surface area contributed by atoms with E-state index in [1.54, 1.807) is 23.1 Å². The van der Waals surface area contributed by atoms with Gasteiger partial charge in [0.15, 0.2) is 0 Å². The molecule has 0 bridgehead atoms. The van der Waals surface area contributed by atoms with Gasteiger partial charge in [0, 0.05) is 36.8 Å². The first-order valence-electron chi connectivity index (χ1n) is 9.40. The first-order chi connectivity index (χ1) is 14.0. The van der Waals surface area contributed by atoms with Gasteiger partial charge in [-0.1, -0.05) is 58.7 Å². The van der Waals surface area contributed by atoms with E-state index in [4.69, 9.17) is 27.7 Å². The van der Waals surface area contributed by atoms with E-state index in [1.807, 2.05) is 37.3 Å². The van der Waals surface area contributed by atoms with Gasteiger partial charge in [-0.15, -0.1) is 0 Å². The maximum absolute atomic E-state index is 12.8. The lowest BCUT2D eigenvalue weighted by molar-refractivity contribution is 0.0552. The maximum atomic E-state index is 12.8. The molecule has 8 heteroatoms. The second-order valence-electron chi connectivity index (χ2n) is 6.95. The Hall–Kier alpha value is -2.41. The Kier molecular flexibility index (Phi) is 5.85. The smallest absolute Gasteiger partial charge is 0.255 e. The van der Waals surface area contributed by atoms with Crippen molar-refractivity contribution in [3.05, 3.63) is 70.0 Å². The average molecular weight is 431 g/mol. The van der Waals surface area contributed by atoms with Crippen molar-refractivity contribution in [3.8, 4) is 11.4 Å². The number of halogens is 2. The molecule has 29 heavy (non-hydrogen) atoms. The Bertz CT molecular complexity index is 1000. The molecule has 0 unspecified atom stereocenters. The van der Waals surface area contributed by atoms with Gasteiger partial charge >= 0.3 is 0 Å². The van der Waals surface area contributed by atoms with E-state index < -0.39 is 0 Å². The van der Waals surface area contributed by atoms with Crippen LogP contribution in [0.3, 0.4) is 0 Å². The van der Waals surface area contributed by atoms with Crippen LogP contribution in [0.2, 0.25) is 10.0 Å². The molecule has 1 saturated heterocycles. The van der Waals surface area contributed by atoms with E-state index in [0.717, 1.165) is 5.56 Å². The normalized spacial score (nSPS) is 16.0. The third-order valence-corrected chi connectivity index (χ3v) is 5.70. The molecule has 1 atom stereocenters. The number of hydrogen-bond acceptors (Lipinski definition) is 5. The summed E-state index contributed by atoms with van der Waals surface area (Å²) in [4.78, 5) is 21.4. The fraction of sp³-hybridized carbons (Fsp3) is 0.286. The lowest BCUT2D eigenvalue weighted by atomic mass is 10.1. The van der Waals surface area contributed by atoms with E-state index in [1.165, 1.54) is 0 Å². The highest BCUT2D eigenvalue weighted by molar-refractivity contribution is 6.35. The summed E-state index contributed by atoms with van der Waals surface area (Å²) in [5, 5.41) is 5.01. The molecule has 0 spiro atoms. The molecule has 1 aliphatic heterocycles. The highest BCUT2D eigenvalue weighted by Crippen LogP contribution is 2.26. The standard InChI is InChI=1S/C21H20Cl2N4O2/c1-14(20-24-19(25-29-20)15-5-3-2-4-6-15)26-9-11-27(12-10-26)21(28)17-13-16(22)7-8-18(17)23/h2-8,13-14H,9-12H2,1H3/t14-/m1/s1. The van der Waals surface area contributed by atoms with Gasteiger partial charge in [0.1, 0.15) is 0 Å². The second-order valence-corrected chi connectivity index (χ2v) is 7.79. The largest absolute Gasteiger partial charge is 0.337 e. The number of aromatic nitrogens is 2. The van der Waals surface area contributed by atoms with Crippen molar-refractivity contribution in [3.63, 3.8) is 0 Å². The number of rotatable bonds is 4. The summed E-state index contributed by atoms with van der Waals surface area (Å²) in [5.41, 5.74) is 1.36. The Morgan fingerprint density at radius 1 is 1.07 bits per heavy atom. The Balaban J connectivity index is 1.40. The van der Waals surface area contributed by atoms with Crippen LogP contribution in [0.1, 0.15) is 29.2 Å². The van der Waals surface area contributed by atoms with Crippen LogP contribution in [-0.2, 0) is 0 Å². The first kappa shape index (κ1) is 19.9. The third-order valence-electron chi connectivity index (χ3n) is 5.14. The SMILES string of the molecule is C[C@H](c1nc(-c2ccccc2)no1)N1CCN(C(=O)c2cc(Cl)ccc2Cl)CC1. The van der Waals surface area contributed by atoms with Crippen molar-refractivity contribution in [1.29, 1.82) is 0 Å². The molecular formula is C21H20Cl2N4O2. The molecule has 6 nitrogen and oxygen atoms in total. The molecule has 1 aliphatic rings. The zero-order valence-electron chi connectivity index (χ0n) is 15.9. The fourth-order valence-electron chi connectivity index (χ4n) is 3.41. The van der Waals surface area contributed by atoms with Gasteiger partial charge in [-0.25, -0.2) is 0 Å². The zero-order chi connectivity index (χ0) is 20.4. The van der Waals surface area contributed by atoms with Crippen molar-refractivity contribution in [2.24, 2.45) is 0 Å². The predicted molar refractivity (Wildman–Crippen MR) is 112 cm³/mol. The van der Waals surface area contributed by atoms with Gasteiger partial charge in [-0.2, -0.15) is 4.98 Å². The maximum Gasteiger partial charge on any atom is 0.255 e. The van der Waals surface area contributed by atoms with Crippen molar-refractivity contribution in [1.82, 2.24) is 19.9 Å². The molecule has 1 aromatic heterocycles. The fourth-order valence-corrected chi connectivity index (χ4v) is 3.78. The lowest BCUT2D eigenvalue weighted by Gasteiger charge is -2.37. The van der Waals surface area contributed by atoms with E-state index in [-0.39, 0.29) is 11.9 Å². The monoisotopic (exact) mass is 430 g/mol. The quantitative estimate of drug-likeness (QED) is 0.606. The minimum Gasteiger partial charge on any atom is -0.337 e. The summed E-state index contributed by atoms with van der Waals surface area (Å²) < 4.78 is 5.49.